The number of nitrogens with zero attached hydrogens (tertiary/aromatic N) is 1. The number of hydrogen-bond donors (Lipinski definition) is 2. The van der Waals surface area contributed by atoms with Crippen LogP contribution >= 0.6 is 9.24 Å². The quantitative estimate of drug-likeness (QED) is 0.356. The van der Waals surface area contributed by atoms with E-state index in [2.05, 4.69) is 31.3 Å². The monoisotopic (exact) mass is 393 g/mol. The van der Waals surface area contributed by atoms with Crippen LogP contribution < -0.4 is 5.32 Å². The van der Waals surface area contributed by atoms with E-state index >= 15 is 0 Å². The van der Waals surface area contributed by atoms with Crippen molar-refractivity contribution in [2.75, 3.05) is 0 Å². The van der Waals surface area contributed by atoms with Crippen molar-refractivity contribution in [2.24, 2.45) is 0 Å². The highest BCUT2D eigenvalue weighted by Crippen LogP contribution is 2.25. The second-order valence-electron chi connectivity index (χ2n) is 6.38. The van der Waals surface area contributed by atoms with E-state index in [1.165, 1.54) is 6.07 Å². The first kappa shape index (κ1) is 19.7. The Morgan fingerprint density at radius 1 is 1.25 bits per heavy atom. The minimum absolute atomic E-state index is 0.108. The van der Waals surface area contributed by atoms with Gasteiger partial charge in [-0.1, -0.05) is 36.9 Å². The first-order chi connectivity index (χ1) is 13.5. The summed E-state index contributed by atoms with van der Waals surface area (Å²) in [6.45, 7) is 5.47. The Labute approximate surface area is 165 Å². The lowest BCUT2D eigenvalue weighted by atomic mass is 10.0. The van der Waals surface area contributed by atoms with Crippen LogP contribution in [0.2, 0.25) is 0 Å². The smallest absolute Gasteiger partial charge is 0.247 e. The van der Waals surface area contributed by atoms with Gasteiger partial charge in [-0.2, -0.15) is 5.10 Å². The molecule has 1 atom stereocenters. The molecule has 0 aliphatic heterocycles. The average Bonchev–Trinajstić information content (AvgIpc) is 3.18. The highest BCUT2D eigenvalue weighted by Gasteiger charge is 2.09. The van der Waals surface area contributed by atoms with Gasteiger partial charge in [0.15, 0.2) is 0 Å². The Morgan fingerprint density at radius 2 is 2.00 bits per heavy atom. The van der Waals surface area contributed by atoms with Gasteiger partial charge >= 0.3 is 0 Å². The molecule has 28 heavy (non-hydrogen) atoms. The Kier molecular flexibility index (Phi) is 6.17. The zero-order valence-corrected chi connectivity index (χ0v) is 16.7. The number of halogens is 1. The lowest BCUT2D eigenvalue weighted by Crippen LogP contribution is -2.24. The number of nitrogens with one attached hydrogen (secondary N) is 2. The Balaban J connectivity index is 1.76. The molecule has 2 N–H and O–H groups in total. The van der Waals surface area contributed by atoms with Crippen LogP contribution in [0.3, 0.4) is 0 Å². The van der Waals surface area contributed by atoms with E-state index < -0.39 is 0 Å². The Bertz CT molecular complexity index is 1100. The summed E-state index contributed by atoms with van der Waals surface area (Å²) in [7, 11) is 2.52. The third-order valence-electron chi connectivity index (χ3n) is 4.38. The predicted molar refractivity (Wildman–Crippen MR) is 115 cm³/mol. The fourth-order valence-electron chi connectivity index (χ4n) is 2.69. The van der Waals surface area contributed by atoms with Crippen LogP contribution in [0.5, 0.6) is 0 Å². The van der Waals surface area contributed by atoms with Crippen molar-refractivity contribution < 1.29 is 9.18 Å². The average molecular weight is 393 g/mol. The number of hydrogen-bond acceptors (Lipinski definition) is 2. The van der Waals surface area contributed by atoms with Crippen LogP contribution in [-0.2, 0) is 11.3 Å². The van der Waals surface area contributed by atoms with E-state index in [0.29, 0.717) is 11.1 Å². The SMILES string of the molecule is C=C/C(P)=C\C=C(/C)C(=O)NCc1cc(-c2ccc3[nH]ncc3c2)ccc1F. The highest BCUT2D eigenvalue weighted by atomic mass is 31.0. The van der Waals surface area contributed by atoms with Crippen LogP contribution in [0.1, 0.15) is 12.5 Å². The van der Waals surface area contributed by atoms with Gasteiger partial charge in [0.05, 0.1) is 11.7 Å². The van der Waals surface area contributed by atoms with Crippen molar-refractivity contribution in [1.82, 2.24) is 15.5 Å². The standard InChI is InChI=1S/C22H21FN3OP/c1-3-19(28)7-4-14(2)22(27)24-12-17-10-15(5-8-20(17)23)16-6-9-21-18(11-16)13-25-26-21/h3-11,13H,1,12,28H2,2H3,(H,24,27)(H,25,26)/b14-4+,19-7+. The number of H-pyrrole nitrogens is 1. The van der Waals surface area contributed by atoms with E-state index in [0.717, 1.165) is 27.3 Å². The number of rotatable bonds is 6. The van der Waals surface area contributed by atoms with Crippen molar-refractivity contribution in [3.05, 3.63) is 89.7 Å². The van der Waals surface area contributed by atoms with Crippen LogP contribution in [0, 0.1) is 5.82 Å². The van der Waals surface area contributed by atoms with Gasteiger partial charge in [-0.05, 0) is 47.6 Å². The molecule has 142 valence electrons. The second kappa shape index (κ2) is 8.77. The lowest BCUT2D eigenvalue weighted by molar-refractivity contribution is -0.117. The number of carbonyl (C=O) groups excluding carboxylic acids is 1. The predicted octanol–water partition coefficient (Wildman–Crippen LogP) is 4.88. The molecule has 6 heteroatoms. The normalized spacial score (nSPS) is 12.2. The van der Waals surface area contributed by atoms with Crippen molar-refractivity contribution in [3.8, 4) is 11.1 Å². The molecule has 3 rings (SSSR count). The highest BCUT2D eigenvalue weighted by molar-refractivity contribution is 7.22. The molecular weight excluding hydrogens is 372 g/mol. The minimum atomic E-state index is -0.353. The van der Waals surface area contributed by atoms with E-state index in [4.69, 9.17) is 0 Å². The van der Waals surface area contributed by atoms with Gasteiger partial charge < -0.3 is 5.32 Å². The molecule has 0 spiro atoms. The summed E-state index contributed by atoms with van der Waals surface area (Å²) in [6.07, 6.45) is 6.90. The first-order valence-corrected chi connectivity index (χ1v) is 9.32. The summed E-state index contributed by atoms with van der Waals surface area (Å²) in [5.41, 5.74) is 3.74. The van der Waals surface area contributed by atoms with Crippen LogP contribution in [0.25, 0.3) is 22.0 Å². The summed E-state index contributed by atoms with van der Waals surface area (Å²) in [5, 5.41) is 11.5. The van der Waals surface area contributed by atoms with Gasteiger partial charge in [0.1, 0.15) is 5.82 Å². The maximum atomic E-state index is 14.2. The molecular formula is C22H21FN3OP. The summed E-state index contributed by atoms with van der Waals surface area (Å²) < 4.78 is 14.2. The molecule has 0 aliphatic rings. The van der Waals surface area contributed by atoms with E-state index in [1.807, 2.05) is 18.2 Å². The largest absolute Gasteiger partial charge is 0.348 e. The molecule has 1 amide bonds. The number of amides is 1. The van der Waals surface area contributed by atoms with Gasteiger partial charge in [-0.15, -0.1) is 9.24 Å². The number of aromatic nitrogens is 2. The van der Waals surface area contributed by atoms with Crippen molar-refractivity contribution >= 4 is 26.0 Å². The van der Waals surface area contributed by atoms with Gasteiger partial charge in [0, 0.05) is 23.1 Å². The van der Waals surface area contributed by atoms with Crippen LogP contribution in [0.4, 0.5) is 4.39 Å². The summed E-state index contributed by atoms with van der Waals surface area (Å²) in [6, 6.07) is 10.8. The van der Waals surface area contributed by atoms with Crippen LogP contribution in [-0.4, -0.2) is 16.1 Å². The van der Waals surface area contributed by atoms with Gasteiger partial charge in [-0.25, -0.2) is 4.39 Å². The second-order valence-corrected chi connectivity index (χ2v) is 7.05. The molecule has 0 bridgehead atoms. The zero-order chi connectivity index (χ0) is 20.1. The van der Waals surface area contributed by atoms with Crippen LogP contribution in [0.15, 0.2) is 78.3 Å². The fourth-order valence-corrected chi connectivity index (χ4v) is 2.79. The third-order valence-corrected chi connectivity index (χ3v) is 4.81. The van der Waals surface area contributed by atoms with Crippen molar-refractivity contribution in [3.63, 3.8) is 0 Å². The third kappa shape index (κ3) is 4.62. The number of benzene rings is 2. The molecule has 1 aromatic heterocycles. The molecule has 0 fully saturated rings. The minimum Gasteiger partial charge on any atom is -0.348 e. The van der Waals surface area contributed by atoms with E-state index in [9.17, 15) is 9.18 Å². The molecule has 0 saturated carbocycles. The van der Waals surface area contributed by atoms with Crippen molar-refractivity contribution in [2.45, 2.75) is 13.5 Å². The number of aromatic amines is 1. The molecule has 0 aliphatic carbocycles. The zero-order valence-electron chi connectivity index (χ0n) is 15.5. The Hall–Kier alpha value is -3.04. The summed E-state index contributed by atoms with van der Waals surface area (Å²) >= 11 is 0. The Morgan fingerprint density at radius 3 is 2.79 bits per heavy atom. The molecule has 2 aromatic carbocycles. The van der Waals surface area contributed by atoms with Gasteiger partial charge in [0.25, 0.3) is 0 Å². The van der Waals surface area contributed by atoms with Gasteiger partial charge in [0.2, 0.25) is 5.91 Å². The molecule has 4 nitrogen and oxygen atoms in total. The lowest BCUT2D eigenvalue weighted by Gasteiger charge is -2.09. The maximum absolute atomic E-state index is 14.2. The molecule has 1 heterocycles. The topological polar surface area (TPSA) is 57.8 Å². The van der Waals surface area contributed by atoms with E-state index in [1.54, 1.807) is 43.5 Å². The van der Waals surface area contributed by atoms with Gasteiger partial charge in [-0.3, -0.25) is 9.89 Å². The van der Waals surface area contributed by atoms with Crippen molar-refractivity contribution in [1.29, 1.82) is 0 Å². The molecule has 3 aromatic rings. The summed E-state index contributed by atoms with van der Waals surface area (Å²) in [5.74, 6) is -0.600. The fraction of sp³-hybridized carbons (Fsp3) is 0.0909. The molecule has 1 unspecified atom stereocenters. The van der Waals surface area contributed by atoms with E-state index in [-0.39, 0.29) is 18.3 Å². The molecule has 0 radical (unpaired) electrons. The first-order valence-electron chi connectivity index (χ1n) is 8.74. The maximum Gasteiger partial charge on any atom is 0.247 e. The number of fused-ring (bicyclic) bond motifs is 1. The number of carbonyl (C=O) groups is 1. The molecule has 0 saturated heterocycles. The summed E-state index contributed by atoms with van der Waals surface area (Å²) in [4.78, 5) is 12.2. The number of allylic oxidation sites excluding steroid dienone is 4.